The van der Waals surface area contributed by atoms with Gasteiger partial charge in [-0.15, -0.1) is 0 Å². The molecule has 0 unspecified atom stereocenters. The molecule has 170 valence electrons. The molecule has 5 nitrogen and oxygen atoms in total. The van der Waals surface area contributed by atoms with Crippen molar-refractivity contribution in [3.05, 3.63) is 92.4 Å². The molecule has 0 bridgehead atoms. The molecule has 1 aliphatic carbocycles. The van der Waals surface area contributed by atoms with Gasteiger partial charge in [0.1, 0.15) is 18.1 Å². The number of amides is 1. The predicted octanol–water partition coefficient (Wildman–Crippen LogP) is 6.09. The number of nitrogens with one attached hydrogen (secondary N) is 1. The second kappa shape index (κ2) is 11.3. The number of rotatable bonds is 8. The number of fused-ring (bicyclic) bond motifs is 1. The van der Waals surface area contributed by atoms with E-state index in [1.807, 2.05) is 54.6 Å². The van der Waals surface area contributed by atoms with Gasteiger partial charge in [-0.25, -0.2) is 5.43 Å². The Balaban J connectivity index is 1.23. The molecule has 4 rings (SSSR count). The Kier molecular flexibility index (Phi) is 8.02. The summed E-state index contributed by atoms with van der Waals surface area (Å²) in [5, 5.41) is 4.69. The van der Waals surface area contributed by atoms with Crippen LogP contribution >= 0.6 is 27.5 Å². The van der Waals surface area contributed by atoms with Crippen LogP contribution in [0.5, 0.6) is 11.5 Å². The Morgan fingerprint density at radius 3 is 2.64 bits per heavy atom. The highest BCUT2D eigenvalue weighted by Crippen LogP contribution is 2.35. The topological polar surface area (TPSA) is 59.9 Å². The average molecular weight is 528 g/mol. The summed E-state index contributed by atoms with van der Waals surface area (Å²) in [5.41, 5.74) is 6.90. The van der Waals surface area contributed by atoms with Crippen LogP contribution in [0, 0.1) is 0 Å². The molecule has 33 heavy (non-hydrogen) atoms. The van der Waals surface area contributed by atoms with Crippen LogP contribution in [-0.2, 0) is 24.2 Å². The first-order valence-corrected chi connectivity index (χ1v) is 12.0. The minimum Gasteiger partial charge on any atom is -0.489 e. The number of hydrogen-bond donors (Lipinski definition) is 1. The number of ether oxygens (including phenoxy) is 2. The van der Waals surface area contributed by atoms with Crippen molar-refractivity contribution >= 4 is 39.7 Å². The van der Waals surface area contributed by atoms with Crippen molar-refractivity contribution in [1.82, 2.24) is 5.43 Å². The van der Waals surface area contributed by atoms with E-state index in [9.17, 15) is 4.79 Å². The van der Waals surface area contributed by atoms with E-state index in [1.54, 1.807) is 6.21 Å². The number of halogens is 2. The van der Waals surface area contributed by atoms with E-state index in [0.29, 0.717) is 17.4 Å². The van der Waals surface area contributed by atoms with E-state index in [0.717, 1.165) is 34.2 Å². The van der Waals surface area contributed by atoms with E-state index in [1.165, 1.54) is 24.0 Å². The largest absolute Gasteiger partial charge is 0.489 e. The third-order valence-electron chi connectivity index (χ3n) is 5.42. The van der Waals surface area contributed by atoms with E-state index >= 15 is 0 Å². The van der Waals surface area contributed by atoms with Crippen LogP contribution in [0.1, 0.15) is 35.1 Å². The normalized spacial score (nSPS) is 12.9. The molecule has 3 aromatic carbocycles. The van der Waals surface area contributed by atoms with E-state index < -0.39 is 0 Å². The number of carbonyl (C=O) groups is 1. The SMILES string of the molecule is O=C(COc1ccc2c(c1Br)CCCC2)N/N=C\c1ccc(OCc2ccccc2Cl)cc1. The number of carbonyl (C=O) groups excluding carboxylic acids is 1. The number of aryl methyl sites for hydroxylation is 1. The maximum Gasteiger partial charge on any atom is 0.277 e. The summed E-state index contributed by atoms with van der Waals surface area (Å²) in [4.78, 5) is 12.1. The summed E-state index contributed by atoms with van der Waals surface area (Å²) in [6, 6.07) is 19.0. The Bertz CT molecular complexity index is 1150. The van der Waals surface area contributed by atoms with Crippen LogP contribution in [0.3, 0.4) is 0 Å². The molecule has 0 saturated heterocycles. The zero-order valence-corrected chi connectivity index (χ0v) is 20.4. The van der Waals surface area contributed by atoms with Gasteiger partial charge in [0.05, 0.1) is 10.7 Å². The zero-order valence-electron chi connectivity index (χ0n) is 18.0. The fourth-order valence-corrected chi connectivity index (χ4v) is 4.54. The number of benzene rings is 3. The molecule has 1 aliphatic rings. The van der Waals surface area contributed by atoms with Crippen LogP contribution in [0.4, 0.5) is 0 Å². The van der Waals surface area contributed by atoms with Gasteiger partial charge in [-0.1, -0.05) is 35.9 Å². The minimum atomic E-state index is -0.324. The lowest BCUT2D eigenvalue weighted by Crippen LogP contribution is -2.24. The first kappa shape index (κ1) is 23.3. The van der Waals surface area contributed by atoms with Crippen LogP contribution in [0.25, 0.3) is 0 Å². The number of nitrogens with zero attached hydrogens (tertiary/aromatic N) is 1. The zero-order chi connectivity index (χ0) is 23.0. The Morgan fingerprint density at radius 1 is 1.03 bits per heavy atom. The first-order chi connectivity index (χ1) is 16.1. The van der Waals surface area contributed by atoms with Crippen molar-refractivity contribution in [3.8, 4) is 11.5 Å². The molecule has 0 fully saturated rings. The van der Waals surface area contributed by atoms with Gasteiger partial charge in [0, 0.05) is 10.6 Å². The molecule has 0 spiro atoms. The summed E-state index contributed by atoms with van der Waals surface area (Å²) in [7, 11) is 0. The van der Waals surface area contributed by atoms with E-state index in [2.05, 4.69) is 32.5 Å². The van der Waals surface area contributed by atoms with Crippen molar-refractivity contribution in [1.29, 1.82) is 0 Å². The van der Waals surface area contributed by atoms with Crippen molar-refractivity contribution in [2.75, 3.05) is 6.61 Å². The summed E-state index contributed by atoms with van der Waals surface area (Å²) >= 11 is 9.78. The Morgan fingerprint density at radius 2 is 1.82 bits per heavy atom. The lowest BCUT2D eigenvalue weighted by molar-refractivity contribution is -0.123. The lowest BCUT2D eigenvalue weighted by Gasteiger charge is -2.19. The second-order valence-electron chi connectivity index (χ2n) is 7.75. The number of hydrazone groups is 1. The van der Waals surface area contributed by atoms with Gasteiger partial charge < -0.3 is 9.47 Å². The maximum atomic E-state index is 12.1. The molecule has 0 heterocycles. The van der Waals surface area contributed by atoms with Crippen LogP contribution in [-0.4, -0.2) is 18.7 Å². The van der Waals surface area contributed by atoms with E-state index in [4.69, 9.17) is 21.1 Å². The molecule has 1 amide bonds. The van der Waals surface area contributed by atoms with Crippen molar-refractivity contribution in [2.24, 2.45) is 5.10 Å². The van der Waals surface area contributed by atoms with Crippen LogP contribution < -0.4 is 14.9 Å². The van der Waals surface area contributed by atoms with Crippen LogP contribution in [0.2, 0.25) is 5.02 Å². The highest BCUT2D eigenvalue weighted by molar-refractivity contribution is 9.10. The molecular weight excluding hydrogens is 504 g/mol. The van der Waals surface area contributed by atoms with Crippen molar-refractivity contribution < 1.29 is 14.3 Å². The average Bonchev–Trinajstić information content (AvgIpc) is 2.84. The van der Waals surface area contributed by atoms with Crippen molar-refractivity contribution in [2.45, 2.75) is 32.3 Å². The standard InChI is InChI=1S/C26H24BrClN2O3/c27-26-22-7-3-1-5-19(22)11-14-24(26)33-17-25(31)30-29-15-18-9-12-21(13-10-18)32-16-20-6-2-4-8-23(20)28/h2,4,6,8-15H,1,3,5,7,16-17H2,(H,30,31)/b29-15-. The molecule has 0 aromatic heterocycles. The third-order valence-corrected chi connectivity index (χ3v) is 6.66. The fourth-order valence-electron chi connectivity index (χ4n) is 3.65. The quantitative estimate of drug-likeness (QED) is 0.285. The second-order valence-corrected chi connectivity index (χ2v) is 8.95. The molecule has 3 aromatic rings. The summed E-state index contributed by atoms with van der Waals surface area (Å²) < 4.78 is 12.4. The first-order valence-electron chi connectivity index (χ1n) is 10.8. The molecule has 0 aliphatic heterocycles. The predicted molar refractivity (Wildman–Crippen MR) is 134 cm³/mol. The lowest BCUT2D eigenvalue weighted by atomic mass is 9.92. The highest BCUT2D eigenvalue weighted by atomic mass is 79.9. The Hall–Kier alpha value is -2.83. The molecule has 1 N–H and O–H groups in total. The van der Waals surface area contributed by atoms with Gasteiger partial charge >= 0.3 is 0 Å². The van der Waals surface area contributed by atoms with Gasteiger partial charge in [0.25, 0.3) is 5.91 Å². The molecule has 0 atom stereocenters. The highest BCUT2D eigenvalue weighted by Gasteiger charge is 2.16. The number of hydrogen-bond acceptors (Lipinski definition) is 4. The monoisotopic (exact) mass is 526 g/mol. The molecule has 0 saturated carbocycles. The summed E-state index contributed by atoms with van der Waals surface area (Å²) in [6.07, 6.45) is 6.10. The van der Waals surface area contributed by atoms with Gasteiger partial charge in [-0.05, 0) is 94.7 Å². The fraction of sp³-hybridized carbons (Fsp3) is 0.231. The smallest absolute Gasteiger partial charge is 0.277 e. The summed E-state index contributed by atoms with van der Waals surface area (Å²) in [5.74, 6) is 1.08. The summed E-state index contributed by atoms with van der Waals surface area (Å²) in [6.45, 7) is 0.285. The van der Waals surface area contributed by atoms with Gasteiger partial charge in [-0.3, -0.25) is 4.79 Å². The van der Waals surface area contributed by atoms with Crippen LogP contribution in [0.15, 0.2) is 70.2 Å². The van der Waals surface area contributed by atoms with Crippen molar-refractivity contribution in [3.63, 3.8) is 0 Å². The van der Waals surface area contributed by atoms with Gasteiger partial charge in [0.15, 0.2) is 6.61 Å². The Labute approximate surface area is 206 Å². The molecule has 7 heteroatoms. The minimum absolute atomic E-state index is 0.108. The van der Waals surface area contributed by atoms with Gasteiger partial charge in [0.2, 0.25) is 0 Å². The molecule has 0 radical (unpaired) electrons. The van der Waals surface area contributed by atoms with Gasteiger partial charge in [-0.2, -0.15) is 5.10 Å². The third kappa shape index (κ3) is 6.36. The maximum absolute atomic E-state index is 12.1. The molecular formula is C26H24BrClN2O3. The van der Waals surface area contributed by atoms with E-state index in [-0.39, 0.29) is 12.5 Å².